The highest BCUT2D eigenvalue weighted by Gasteiger charge is 2.18. The van der Waals surface area contributed by atoms with Gasteiger partial charge in [-0.3, -0.25) is 4.79 Å². The summed E-state index contributed by atoms with van der Waals surface area (Å²) in [4.78, 5) is 12.2. The Morgan fingerprint density at radius 1 is 1.27 bits per heavy atom. The molecular weight excluding hydrogens is 314 g/mol. The molecule has 2 unspecified atom stereocenters. The summed E-state index contributed by atoms with van der Waals surface area (Å²) in [6.45, 7) is 5.87. The molecule has 1 amide bonds. The van der Waals surface area contributed by atoms with Crippen molar-refractivity contribution in [1.29, 1.82) is 0 Å². The van der Waals surface area contributed by atoms with Gasteiger partial charge in [0.2, 0.25) is 5.91 Å². The van der Waals surface area contributed by atoms with Gasteiger partial charge in [0.25, 0.3) is 0 Å². The Morgan fingerprint density at radius 2 is 2.00 bits per heavy atom. The van der Waals surface area contributed by atoms with Crippen LogP contribution in [0.5, 0.6) is 0 Å². The highest BCUT2D eigenvalue weighted by molar-refractivity contribution is 8.02. The molecule has 2 rings (SSSR count). The van der Waals surface area contributed by atoms with Crippen LogP contribution in [0.3, 0.4) is 0 Å². The maximum atomic E-state index is 12.2. The number of hydrogen-bond acceptors (Lipinski definition) is 5. The van der Waals surface area contributed by atoms with Crippen LogP contribution in [0.15, 0.2) is 34.7 Å². The summed E-state index contributed by atoms with van der Waals surface area (Å²) in [5.41, 5.74) is 1.30. The number of aryl methyl sites for hydroxylation is 2. The number of aromatic nitrogens is 2. The minimum Gasteiger partial charge on any atom is -0.353 e. The lowest BCUT2D eigenvalue weighted by molar-refractivity contribution is -0.120. The predicted octanol–water partition coefficient (Wildman–Crippen LogP) is 3.46. The fourth-order valence-electron chi connectivity index (χ4n) is 1.99. The number of thioether (sulfide) groups is 1. The van der Waals surface area contributed by atoms with Crippen LogP contribution in [0.2, 0.25) is 0 Å². The van der Waals surface area contributed by atoms with Crippen LogP contribution in [-0.4, -0.2) is 27.4 Å². The molecule has 0 radical (unpaired) electrons. The molecule has 1 aromatic heterocycles. The second-order valence-corrected chi connectivity index (χ2v) is 8.05. The summed E-state index contributed by atoms with van der Waals surface area (Å²) < 4.78 is 0.845. The molecule has 6 heteroatoms. The Hall–Kier alpha value is -1.40. The van der Waals surface area contributed by atoms with E-state index in [4.69, 9.17) is 0 Å². The smallest absolute Gasteiger partial charge is 0.233 e. The van der Waals surface area contributed by atoms with E-state index in [-0.39, 0.29) is 17.2 Å². The Kier molecular flexibility index (Phi) is 6.39. The number of amides is 1. The van der Waals surface area contributed by atoms with Crippen molar-refractivity contribution in [3.63, 3.8) is 0 Å². The largest absolute Gasteiger partial charge is 0.353 e. The van der Waals surface area contributed by atoms with E-state index in [1.54, 1.807) is 0 Å². The molecule has 1 heterocycles. The van der Waals surface area contributed by atoms with Crippen LogP contribution in [0.25, 0.3) is 0 Å². The maximum absolute atomic E-state index is 12.2. The van der Waals surface area contributed by atoms with Crippen molar-refractivity contribution >= 4 is 29.0 Å². The van der Waals surface area contributed by atoms with Gasteiger partial charge in [-0.15, -0.1) is 10.2 Å². The van der Waals surface area contributed by atoms with Gasteiger partial charge in [0.15, 0.2) is 4.34 Å². The van der Waals surface area contributed by atoms with Crippen molar-refractivity contribution in [2.24, 2.45) is 0 Å². The van der Waals surface area contributed by atoms with E-state index >= 15 is 0 Å². The molecule has 22 heavy (non-hydrogen) atoms. The molecule has 4 nitrogen and oxygen atoms in total. The fourth-order valence-corrected chi connectivity index (χ4v) is 3.96. The lowest BCUT2D eigenvalue weighted by Crippen LogP contribution is -2.37. The summed E-state index contributed by atoms with van der Waals surface area (Å²) in [6, 6.07) is 10.5. The minimum atomic E-state index is -0.161. The van der Waals surface area contributed by atoms with Crippen molar-refractivity contribution in [2.45, 2.75) is 49.2 Å². The molecule has 0 fully saturated rings. The fraction of sp³-hybridized carbons (Fsp3) is 0.438. The zero-order chi connectivity index (χ0) is 15.9. The number of carbonyl (C=O) groups is 1. The average molecular weight is 335 g/mol. The summed E-state index contributed by atoms with van der Waals surface area (Å²) in [5.74, 6) is 0.0541. The lowest BCUT2D eigenvalue weighted by Gasteiger charge is -2.16. The minimum absolute atomic E-state index is 0.0541. The summed E-state index contributed by atoms with van der Waals surface area (Å²) in [7, 11) is 0. The normalized spacial score (nSPS) is 13.6. The molecule has 1 aromatic carbocycles. The first-order valence-electron chi connectivity index (χ1n) is 7.35. The molecule has 0 aliphatic rings. The number of rotatable bonds is 7. The van der Waals surface area contributed by atoms with Gasteiger partial charge in [-0.25, -0.2) is 0 Å². The molecular formula is C16H21N3OS2. The van der Waals surface area contributed by atoms with Crippen LogP contribution < -0.4 is 5.32 Å². The van der Waals surface area contributed by atoms with Gasteiger partial charge in [0.1, 0.15) is 5.01 Å². The van der Waals surface area contributed by atoms with Crippen LogP contribution in [0.4, 0.5) is 0 Å². The number of nitrogens with one attached hydrogen (secondary N) is 1. The van der Waals surface area contributed by atoms with Crippen molar-refractivity contribution in [3.05, 3.63) is 40.9 Å². The SMILES string of the molecule is Cc1nnc(SC(C)C(=O)NC(C)CCc2ccccc2)s1. The third-order valence-corrected chi connectivity index (χ3v) is 5.27. The maximum Gasteiger partial charge on any atom is 0.233 e. The second kappa shape index (κ2) is 8.29. The zero-order valence-corrected chi connectivity index (χ0v) is 14.7. The molecule has 0 saturated heterocycles. The first kappa shape index (κ1) is 17.0. The monoisotopic (exact) mass is 335 g/mol. The van der Waals surface area contributed by atoms with Crippen LogP contribution in [0, 0.1) is 6.92 Å². The first-order chi connectivity index (χ1) is 10.5. The van der Waals surface area contributed by atoms with E-state index in [9.17, 15) is 4.79 Å². The van der Waals surface area contributed by atoms with Crippen LogP contribution >= 0.6 is 23.1 Å². The van der Waals surface area contributed by atoms with E-state index in [1.165, 1.54) is 28.7 Å². The third kappa shape index (κ3) is 5.42. The Morgan fingerprint density at radius 3 is 2.64 bits per heavy atom. The molecule has 0 spiro atoms. The highest BCUT2D eigenvalue weighted by Crippen LogP contribution is 2.26. The summed E-state index contributed by atoms with van der Waals surface area (Å²) >= 11 is 2.98. The summed E-state index contributed by atoms with van der Waals surface area (Å²) in [5, 5.41) is 11.8. The standard InChI is InChI=1S/C16H21N3OS2/c1-11(9-10-14-7-5-4-6-8-14)17-15(20)12(2)21-16-19-18-13(3)22-16/h4-8,11-12H,9-10H2,1-3H3,(H,17,20). The van der Waals surface area contributed by atoms with Crippen LogP contribution in [0.1, 0.15) is 30.8 Å². The van der Waals surface area contributed by atoms with Gasteiger partial charge >= 0.3 is 0 Å². The van der Waals surface area contributed by atoms with Crippen LogP contribution in [-0.2, 0) is 11.2 Å². The molecule has 0 saturated carbocycles. The molecule has 0 bridgehead atoms. The Labute approximate surface area is 139 Å². The number of benzene rings is 1. The Bertz CT molecular complexity index is 600. The highest BCUT2D eigenvalue weighted by atomic mass is 32.2. The summed E-state index contributed by atoms with van der Waals surface area (Å²) in [6.07, 6.45) is 1.91. The number of carbonyl (C=O) groups excluding carboxylic acids is 1. The van der Waals surface area contributed by atoms with Gasteiger partial charge in [0, 0.05) is 6.04 Å². The second-order valence-electron chi connectivity index (χ2n) is 5.28. The molecule has 118 valence electrons. The zero-order valence-electron chi connectivity index (χ0n) is 13.1. The van der Waals surface area contributed by atoms with Gasteiger partial charge in [-0.05, 0) is 39.2 Å². The third-order valence-electron chi connectivity index (χ3n) is 3.25. The van der Waals surface area contributed by atoms with Crippen molar-refractivity contribution in [2.75, 3.05) is 0 Å². The van der Waals surface area contributed by atoms with E-state index in [0.29, 0.717) is 0 Å². The molecule has 1 N–H and O–H groups in total. The molecule has 2 aromatic rings. The molecule has 0 aliphatic carbocycles. The van der Waals surface area contributed by atoms with E-state index < -0.39 is 0 Å². The number of hydrogen-bond donors (Lipinski definition) is 1. The Balaban J connectivity index is 1.75. The van der Waals surface area contributed by atoms with E-state index in [2.05, 4.69) is 27.6 Å². The quantitative estimate of drug-likeness (QED) is 0.787. The van der Waals surface area contributed by atoms with Crippen molar-refractivity contribution in [3.8, 4) is 0 Å². The van der Waals surface area contributed by atoms with Crippen molar-refractivity contribution < 1.29 is 4.79 Å². The predicted molar refractivity (Wildman–Crippen MR) is 92.3 cm³/mol. The van der Waals surface area contributed by atoms with Gasteiger partial charge in [-0.2, -0.15) is 0 Å². The van der Waals surface area contributed by atoms with Crippen molar-refractivity contribution in [1.82, 2.24) is 15.5 Å². The number of nitrogens with zero attached hydrogens (tertiary/aromatic N) is 2. The topological polar surface area (TPSA) is 54.9 Å². The van der Waals surface area contributed by atoms with Gasteiger partial charge < -0.3 is 5.32 Å². The van der Waals surface area contributed by atoms with Gasteiger partial charge in [-0.1, -0.05) is 53.4 Å². The van der Waals surface area contributed by atoms with Gasteiger partial charge in [0.05, 0.1) is 5.25 Å². The molecule has 2 atom stereocenters. The average Bonchev–Trinajstić information content (AvgIpc) is 2.91. The lowest BCUT2D eigenvalue weighted by atomic mass is 10.1. The van der Waals surface area contributed by atoms with E-state index in [1.807, 2.05) is 39.0 Å². The van der Waals surface area contributed by atoms with E-state index in [0.717, 1.165) is 22.2 Å². The first-order valence-corrected chi connectivity index (χ1v) is 9.05. The molecule has 0 aliphatic heterocycles.